The summed E-state index contributed by atoms with van der Waals surface area (Å²) in [5, 5.41) is 7.41. The third-order valence-corrected chi connectivity index (χ3v) is 4.51. The largest absolute Gasteiger partial charge is 0.489 e. The van der Waals surface area contributed by atoms with Gasteiger partial charge in [0.25, 0.3) is 5.91 Å². The van der Waals surface area contributed by atoms with E-state index in [1.165, 1.54) is 0 Å². The fraction of sp³-hybridized carbons (Fsp3) is 0.200. The summed E-state index contributed by atoms with van der Waals surface area (Å²) in [5.74, 6) is 0.807. The van der Waals surface area contributed by atoms with E-state index < -0.39 is 5.91 Å². The number of amides is 1. The van der Waals surface area contributed by atoms with Crippen molar-refractivity contribution < 1.29 is 14.1 Å². The van der Waals surface area contributed by atoms with Crippen molar-refractivity contribution in [2.75, 3.05) is 5.32 Å². The number of hydrogen-bond acceptors (Lipinski definition) is 4. The van der Waals surface area contributed by atoms with Crippen molar-refractivity contribution in [2.45, 2.75) is 27.4 Å². The van der Waals surface area contributed by atoms with E-state index in [2.05, 4.69) is 16.5 Å². The second-order valence-corrected chi connectivity index (χ2v) is 7.10. The predicted molar refractivity (Wildman–Crippen MR) is 106 cm³/mol. The van der Waals surface area contributed by atoms with Gasteiger partial charge in [-0.1, -0.05) is 34.4 Å². The summed E-state index contributed by atoms with van der Waals surface area (Å²) >= 11 is 12.0. The van der Waals surface area contributed by atoms with E-state index in [1.807, 2.05) is 26.0 Å². The quantitative estimate of drug-likeness (QED) is 0.588. The van der Waals surface area contributed by atoms with Crippen molar-refractivity contribution in [1.82, 2.24) is 5.16 Å². The average Bonchev–Trinajstić information content (AvgIpc) is 2.95. The highest BCUT2D eigenvalue weighted by Crippen LogP contribution is 2.27. The fourth-order valence-electron chi connectivity index (χ4n) is 2.68. The molecule has 1 N–H and O–H groups in total. The molecule has 0 radical (unpaired) electrons. The van der Waals surface area contributed by atoms with Gasteiger partial charge in [-0.05, 0) is 62.2 Å². The SMILES string of the molecule is Cc1cc(C)cc(OCc2c(C(=O)Nc3ccc(Cl)cc3Cl)noc2C)c1. The number of aromatic nitrogens is 1. The van der Waals surface area contributed by atoms with E-state index in [9.17, 15) is 4.79 Å². The second kappa shape index (κ2) is 8.03. The number of halogens is 2. The van der Waals surface area contributed by atoms with Crippen LogP contribution in [0, 0.1) is 20.8 Å². The lowest BCUT2D eigenvalue weighted by Gasteiger charge is -2.09. The topological polar surface area (TPSA) is 64.4 Å². The van der Waals surface area contributed by atoms with Crippen LogP contribution in [0.15, 0.2) is 40.9 Å². The molecular formula is C20H18Cl2N2O3. The molecule has 0 saturated heterocycles. The Balaban J connectivity index is 1.78. The summed E-state index contributed by atoms with van der Waals surface area (Å²) in [6.45, 7) is 5.90. The average molecular weight is 405 g/mol. The molecule has 27 heavy (non-hydrogen) atoms. The van der Waals surface area contributed by atoms with Gasteiger partial charge in [-0.3, -0.25) is 4.79 Å². The van der Waals surface area contributed by atoms with Crippen LogP contribution in [0.2, 0.25) is 10.0 Å². The van der Waals surface area contributed by atoms with Gasteiger partial charge in [-0.25, -0.2) is 0 Å². The number of rotatable bonds is 5. The van der Waals surface area contributed by atoms with Crippen LogP contribution < -0.4 is 10.1 Å². The molecule has 3 aromatic rings. The Labute approximate surface area is 167 Å². The summed E-state index contributed by atoms with van der Waals surface area (Å²) in [7, 11) is 0. The van der Waals surface area contributed by atoms with Gasteiger partial charge in [0.1, 0.15) is 18.1 Å². The first kappa shape index (κ1) is 19.3. The molecule has 0 bridgehead atoms. The maximum Gasteiger partial charge on any atom is 0.278 e. The van der Waals surface area contributed by atoms with Crippen LogP contribution in [0.3, 0.4) is 0 Å². The van der Waals surface area contributed by atoms with Crippen LogP contribution in [0.25, 0.3) is 0 Å². The van der Waals surface area contributed by atoms with E-state index in [0.29, 0.717) is 27.1 Å². The predicted octanol–water partition coefficient (Wildman–Crippen LogP) is 5.74. The molecule has 3 rings (SSSR count). The molecule has 5 nitrogen and oxygen atoms in total. The lowest BCUT2D eigenvalue weighted by Crippen LogP contribution is -2.15. The molecule has 0 fully saturated rings. The number of anilines is 1. The summed E-state index contributed by atoms with van der Waals surface area (Å²) in [6.07, 6.45) is 0. The smallest absolute Gasteiger partial charge is 0.278 e. The summed E-state index contributed by atoms with van der Waals surface area (Å²) < 4.78 is 11.0. The zero-order valence-corrected chi connectivity index (χ0v) is 16.6. The monoisotopic (exact) mass is 404 g/mol. The van der Waals surface area contributed by atoms with Crippen molar-refractivity contribution in [2.24, 2.45) is 0 Å². The van der Waals surface area contributed by atoms with Crippen LogP contribution in [0.1, 0.15) is 32.9 Å². The minimum atomic E-state index is -0.435. The lowest BCUT2D eigenvalue weighted by molar-refractivity contribution is 0.101. The van der Waals surface area contributed by atoms with Crippen molar-refractivity contribution in [3.63, 3.8) is 0 Å². The Kier molecular flexibility index (Phi) is 5.73. The zero-order chi connectivity index (χ0) is 19.6. The number of nitrogens with one attached hydrogen (secondary N) is 1. The summed E-state index contributed by atoms with van der Waals surface area (Å²) in [4.78, 5) is 12.6. The maximum absolute atomic E-state index is 12.6. The summed E-state index contributed by atoms with van der Waals surface area (Å²) in [5.41, 5.74) is 3.37. The van der Waals surface area contributed by atoms with Gasteiger partial charge in [0.05, 0.1) is 16.3 Å². The van der Waals surface area contributed by atoms with Gasteiger partial charge in [0.15, 0.2) is 5.69 Å². The number of hydrogen-bond donors (Lipinski definition) is 1. The number of ether oxygens (including phenoxy) is 1. The highest BCUT2D eigenvalue weighted by atomic mass is 35.5. The van der Waals surface area contributed by atoms with Gasteiger partial charge in [0.2, 0.25) is 0 Å². The molecule has 1 heterocycles. The molecule has 0 saturated carbocycles. The highest BCUT2D eigenvalue weighted by Gasteiger charge is 2.21. The molecule has 0 aliphatic rings. The first-order chi connectivity index (χ1) is 12.8. The third kappa shape index (κ3) is 4.62. The number of benzene rings is 2. The highest BCUT2D eigenvalue weighted by molar-refractivity contribution is 6.36. The van der Waals surface area contributed by atoms with Gasteiger partial charge in [-0.2, -0.15) is 0 Å². The fourth-order valence-corrected chi connectivity index (χ4v) is 3.14. The molecule has 0 unspecified atom stereocenters. The first-order valence-electron chi connectivity index (χ1n) is 8.26. The van der Waals surface area contributed by atoms with Gasteiger partial charge < -0.3 is 14.6 Å². The van der Waals surface area contributed by atoms with Crippen molar-refractivity contribution in [1.29, 1.82) is 0 Å². The van der Waals surface area contributed by atoms with Crippen molar-refractivity contribution in [3.8, 4) is 5.75 Å². The Hall–Kier alpha value is -2.50. The van der Waals surface area contributed by atoms with E-state index in [4.69, 9.17) is 32.5 Å². The number of nitrogens with zero attached hydrogens (tertiary/aromatic N) is 1. The van der Waals surface area contributed by atoms with Crippen LogP contribution in [0.5, 0.6) is 5.75 Å². The lowest BCUT2D eigenvalue weighted by atomic mass is 10.1. The minimum Gasteiger partial charge on any atom is -0.489 e. The van der Waals surface area contributed by atoms with Gasteiger partial charge in [0, 0.05) is 5.02 Å². The minimum absolute atomic E-state index is 0.155. The van der Waals surface area contributed by atoms with Crippen molar-refractivity contribution >= 4 is 34.8 Å². The Morgan fingerprint density at radius 3 is 2.48 bits per heavy atom. The molecule has 1 aromatic heterocycles. The molecule has 0 atom stereocenters. The van der Waals surface area contributed by atoms with Crippen LogP contribution in [-0.2, 0) is 6.61 Å². The van der Waals surface area contributed by atoms with E-state index in [1.54, 1.807) is 25.1 Å². The van der Waals surface area contributed by atoms with Gasteiger partial charge in [-0.15, -0.1) is 0 Å². The van der Waals surface area contributed by atoms with Crippen LogP contribution in [-0.4, -0.2) is 11.1 Å². The number of carbonyl (C=O) groups is 1. The Morgan fingerprint density at radius 2 is 1.81 bits per heavy atom. The van der Waals surface area contributed by atoms with Crippen LogP contribution >= 0.6 is 23.2 Å². The molecule has 140 valence electrons. The molecular weight excluding hydrogens is 387 g/mol. The molecule has 1 amide bonds. The summed E-state index contributed by atoms with van der Waals surface area (Å²) in [6, 6.07) is 10.7. The van der Waals surface area contributed by atoms with E-state index in [-0.39, 0.29) is 12.3 Å². The molecule has 2 aromatic carbocycles. The molecule has 7 heteroatoms. The number of aryl methyl sites for hydroxylation is 3. The Morgan fingerprint density at radius 1 is 1.11 bits per heavy atom. The van der Waals surface area contributed by atoms with Gasteiger partial charge >= 0.3 is 0 Å². The van der Waals surface area contributed by atoms with Crippen LogP contribution in [0.4, 0.5) is 5.69 Å². The Bertz CT molecular complexity index is 979. The molecule has 0 spiro atoms. The third-order valence-electron chi connectivity index (χ3n) is 3.96. The number of carbonyl (C=O) groups excluding carboxylic acids is 1. The second-order valence-electron chi connectivity index (χ2n) is 6.26. The zero-order valence-electron chi connectivity index (χ0n) is 15.1. The normalized spacial score (nSPS) is 10.7. The van der Waals surface area contributed by atoms with Crippen molar-refractivity contribution in [3.05, 3.63) is 74.6 Å². The van der Waals surface area contributed by atoms with E-state index >= 15 is 0 Å². The standard InChI is InChI=1S/C20H18Cl2N2O3/c1-11-6-12(2)8-15(7-11)26-10-16-13(3)27-24-19(16)20(25)23-18-5-4-14(21)9-17(18)22/h4-9H,10H2,1-3H3,(H,23,25). The maximum atomic E-state index is 12.6. The first-order valence-corrected chi connectivity index (χ1v) is 9.01. The molecule has 0 aliphatic heterocycles. The van der Waals surface area contributed by atoms with E-state index in [0.717, 1.165) is 16.9 Å². The molecule has 0 aliphatic carbocycles.